The number of benzene rings is 2. The lowest BCUT2D eigenvalue weighted by Crippen LogP contribution is -2.18. The van der Waals surface area contributed by atoms with E-state index in [2.05, 4.69) is 40.7 Å². The fourth-order valence-corrected chi connectivity index (χ4v) is 3.11. The first-order chi connectivity index (χ1) is 10.7. The molecule has 0 spiro atoms. The van der Waals surface area contributed by atoms with Crippen molar-refractivity contribution in [3.8, 4) is 11.5 Å². The first kappa shape index (κ1) is 17.4. The highest BCUT2D eigenvalue weighted by atomic mass is 16.3. The number of fused-ring (bicyclic) bond motifs is 1. The van der Waals surface area contributed by atoms with Gasteiger partial charge in [-0.3, -0.25) is 0 Å². The summed E-state index contributed by atoms with van der Waals surface area (Å²) in [4.78, 5) is 0. The van der Waals surface area contributed by atoms with Crippen molar-refractivity contribution in [1.29, 1.82) is 0 Å². The summed E-state index contributed by atoms with van der Waals surface area (Å²) < 4.78 is 0. The zero-order valence-electron chi connectivity index (χ0n) is 15.1. The van der Waals surface area contributed by atoms with E-state index in [9.17, 15) is 10.2 Å². The Bertz CT molecular complexity index is 752. The van der Waals surface area contributed by atoms with Gasteiger partial charge in [-0.2, -0.15) is 0 Å². The van der Waals surface area contributed by atoms with Crippen molar-refractivity contribution >= 4 is 10.8 Å². The van der Waals surface area contributed by atoms with Crippen LogP contribution in [0.5, 0.6) is 11.5 Å². The first-order valence-electron chi connectivity index (χ1n) is 8.27. The predicted octanol–water partition coefficient (Wildman–Crippen LogP) is 5.83. The highest BCUT2D eigenvalue weighted by molar-refractivity contribution is 5.95. The molecule has 0 aliphatic heterocycles. The molecule has 2 N–H and O–H groups in total. The van der Waals surface area contributed by atoms with Gasteiger partial charge in [-0.25, -0.2) is 0 Å². The third-order valence-electron chi connectivity index (χ3n) is 4.93. The maximum absolute atomic E-state index is 10.8. The molecule has 2 nitrogen and oxygen atoms in total. The molecule has 0 aliphatic carbocycles. The molecule has 0 heterocycles. The molecule has 2 aromatic rings. The number of allylic oxidation sites excluding steroid dienone is 2. The molecule has 0 bridgehead atoms. The number of aromatic hydroxyl groups is 2. The fourth-order valence-electron chi connectivity index (χ4n) is 3.11. The molecule has 124 valence electrons. The first-order valence-corrected chi connectivity index (χ1v) is 8.27. The molecule has 0 aliphatic rings. The van der Waals surface area contributed by atoms with Gasteiger partial charge < -0.3 is 10.2 Å². The third kappa shape index (κ3) is 3.21. The highest BCUT2D eigenvalue weighted by Gasteiger charge is 2.28. The van der Waals surface area contributed by atoms with Crippen LogP contribution in [0.3, 0.4) is 0 Å². The zero-order valence-corrected chi connectivity index (χ0v) is 15.1. The number of rotatable bonds is 4. The van der Waals surface area contributed by atoms with Crippen LogP contribution in [0, 0.1) is 12.8 Å². The van der Waals surface area contributed by atoms with Crippen molar-refractivity contribution in [2.24, 2.45) is 5.92 Å². The van der Waals surface area contributed by atoms with Crippen LogP contribution in [0.25, 0.3) is 10.8 Å². The van der Waals surface area contributed by atoms with E-state index in [4.69, 9.17) is 0 Å². The van der Waals surface area contributed by atoms with Gasteiger partial charge in [-0.15, -0.1) is 0 Å². The number of hydrogen-bond donors (Lipinski definition) is 2. The van der Waals surface area contributed by atoms with Crippen LogP contribution >= 0.6 is 0 Å². The average molecular weight is 312 g/mol. The number of phenolic OH excluding ortho intramolecular Hbond substituents is 2. The summed E-state index contributed by atoms with van der Waals surface area (Å²) in [6.45, 7) is 12.6. The monoisotopic (exact) mass is 312 g/mol. The van der Waals surface area contributed by atoms with Gasteiger partial charge in [-0.05, 0) is 37.2 Å². The molecule has 2 aromatic carbocycles. The van der Waals surface area contributed by atoms with E-state index < -0.39 is 0 Å². The predicted molar refractivity (Wildman–Crippen MR) is 98.3 cm³/mol. The topological polar surface area (TPSA) is 40.5 Å². The Hall–Kier alpha value is -1.96. The summed E-state index contributed by atoms with van der Waals surface area (Å²) in [7, 11) is 0. The van der Waals surface area contributed by atoms with Crippen LogP contribution in [-0.4, -0.2) is 10.2 Å². The maximum Gasteiger partial charge on any atom is 0.127 e. The summed E-state index contributed by atoms with van der Waals surface area (Å²) in [6, 6.07) is 7.46. The van der Waals surface area contributed by atoms with Gasteiger partial charge in [-0.1, -0.05) is 63.6 Å². The van der Waals surface area contributed by atoms with E-state index in [0.717, 1.165) is 17.5 Å². The summed E-state index contributed by atoms with van der Waals surface area (Å²) in [5, 5.41) is 22.8. The molecule has 0 saturated carbocycles. The summed E-state index contributed by atoms with van der Waals surface area (Å²) >= 11 is 0. The Morgan fingerprint density at radius 3 is 2.13 bits per heavy atom. The van der Waals surface area contributed by atoms with Crippen LogP contribution in [0.4, 0.5) is 0 Å². The van der Waals surface area contributed by atoms with Gasteiger partial charge in [0.15, 0.2) is 0 Å². The standard InChI is InChI=1S/C21H28O2/c1-13(2)14(3)11-12-21(5,6)18-15(4)19(22)16-9-7-8-10-17(16)20(18)23/h7-11,13,22-23H,12H2,1-6H3/b14-11+. The minimum Gasteiger partial charge on any atom is -0.507 e. The molecule has 2 rings (SSSR count). The van der Waals surface area contributed by atoms with Crippen molar-refractivity contribution < 1.29 is 10.2 Å². The van der Waals surface area contributed by atoms with Crippen LogP contribution in [0.2, 0.25) is 0 Å². The van der Waals surface area contributed by atoms with Crippen LogP contribution in [0.15, 0.2) is 35.9 Å². The highest BCUT2D eigenvalue weighted by Crippen LogP contribution is 2.45. The molecule has 0 atom stereocenters. The lowest BCUT2D eigenvalue weighted by molar-refractivity contribution is 0.429. The van der Waals surface area contributed by atoms with E-state index in [-0.39, 0.29) is 16.9 Å². The summed E-state index contributed by atoms with van der Waals surface area (Å²) in [6.07, 6.45) is 3.07. The average Bonchev–Trinajstić information content (AvgIpc) is 2.50. The van der Waals surface area contributed by atoms with Gasteiger partial charge in [0.25, 0.3) is 0 Å². The zero-order chi connectivity index (χ0) is 17.4. The molecule has 0 amide bonds. The summed E-state index contributed by atoms with van der Waals surface area (Å²) in [5.74, 6) is 1.08. The second-order valence-corrected chi connectivity index (χ2v) is 7.43. The maximum atomic E-state index is 10.8. The summed E-state index contributed by atoms with van der Waals surface area (Å²) in [5.41, 5.74) is 2.69. The van der Waals surface area contributed by atoms with Gasteiger partial charge in [0, 0.05) is 16.3 Å². The van der Waals surface area contributed by atoms with Crippen molar-refractivity contribution in [3.63, 3.8) is 0 Å². The fraction of sp³-hybridized carbons (Fsp3) is 0.429. The Kier molecular flexibility index (Phi) is 4.74. The van der Waals surface area contributed by atoms with Crippen LogP contribution in [0.1, 0.15) is 52.2 Å². The SMILES string of the molecule is C/C(=C\CC(C)(C)c1c(C)c(O)c2ccccc2c1O)C(C)C. The second-order valence-electron chi connectivity index (χ2n) is 7.43. The van der Waals surface area contributed by atoms with Crippen LogP contribution in [-0.2, 0) is 5.41 Å². The largest absolute Gasteiger partial charge is 0.507 e. The number of hydrogen-bond acceptors (Lipinski definition) is 2. The molecule has 23 heavy (non-hydrogen) atoms. The van der Waals surface area contributed by atoms with Crippen LogP contribution < -0.4 is 0 Å². The quantitative estimate of drug-likeness (QED) is 0.551. The van der Waals surface area contributed by atoms with Gasteiger partial charge in [0.1, 0.15) is 11.5 Å². The molecule has 0 unspecified atom stereocenters. The second kappa shape index (κ2) is 6.27. The molecule has 0 aromatic heterocycles. The normalized spacial score (nSPS) is 13.1. The lowest BCUT2D eigenvalue weighted by Gasteiger charge is -2.29. The third-order valence-corrected chi connectivity index (χ3v) is 4.93. The Balaban J connectivity index is 2.60. The molecule has 0 fully saturated rings. The Morgan fingerprint density at radius 2 is 1.61 bits per heavy atom. The smallest absolute Gasteiger partial charge is 0.127 e. The van der Waals surface area contributed by atoms with Gasteiger partial charge in [0.2, 0.25) is 0 Å². The Morgan fingerprint density at radius 1 is 1.09 bits per heavy atom. The molecule has 2 heteroatoms. The van der Waals surface area contributed by atoms with Crippen molar-refractivity contribution in [1.82, 2.24) is 0 Å². The van der Waals surface area contributed by atoms with E-state index in [0.29, 0.717) is 16.7 Å². The van der Waals surface area contributed by atoms with Gasteiger partial charge in [0.05, 0.1) is 0 Å². The van der Waals surface area contributed by atoms with E-state index >= 15 is 0 Å². The minimum absolute atomic E-state index is 0.258. The molecular formula is C21H28O2. The number of phenols is 2. The Labute approximate surface area is 139 Å². The van der Waals surface area contributed by atoms with E-state index in [1.807, 2.05) is 31.2 Å². The molecule has 0 saturated heterocycles. The van der Waals surface area contributed by atoms with Crippen molar-refractivity contribution in [2.75, 3.05) is 0 Å². The lowest BCUT2D eigenvalue weighted by atomic mass is 9.76. The minimum atomic E-state index is -0.258. The molecule has 0 radical (unpaired) electrons. The van der Waals surface area contributed by atoms with Crippen molar-refractivity contribution in [3.05, 3.63) is 47.0 Å². The van der Waals surface area contributed by atoms with Crippen molar-refractivity contribution in [2.45, 2.75) is 53.4 Å². The van der Waals surface area contributed by atoms with E-state index in [1.165, 1.54) is 5.57 Å². The van der Waals surface area contributed by atoms with Gasteiger partial charge >= 0.3 is 0 Å². The van der Waals surface area contributed by atoms with E-state index in [1.54, 1.807) is 0 Å². The molecular weight excluding hydrogens is 284 g/mol.